The molecule has 1 heterocycles. The Labute approximate surface area is 142 Å². The van der Waals surface area contributed by atoms with Crippen LogP contribution in [0.5, 0.6) is 0 Å². The number of aryl methyl sites for hydroxylation is 1. The van der Waals surface area contributed by atoms with Gasteiger partial charge in [-0.3, -0.25) is 0 Å². The maximum atomic E-state index is 6.37. The van der Waals surface area contributed by atoms with Crippen LogP contribution in [0.1, 0.15) is 35.4 Å². The fraction of sp³-hybridized carbons (Fsp3) is 0.333. The first-order valence-corrected chi connectivity index (χ1v) is 8.83. The van der Waals surface area contributed by atoms with Gasteiger partial charge in [-0.05, 0) is 65.1 Å². The lowest BCUT2D eigenvalue weighted by molar-refractivity contribution is 0.606. The second kappa shape index (κ2) is 7.28. The Morgan fingerprint density at radius 3 is 2.60 bits per heavy atom. The van der Waals surface area contributed by atoms with Gasteiger partial charge in [-0.25, -0.2) is 0 Å². The molecule has 20 heavy (non-hydrogen) atoms. The lowest BCUT2D eigenvalue weighted by atomic mass is 10.0. The zero-order chi connectivity index (χ0) is 14.7. The highest BCUT2D eigenvalue weighted by Crippen LogP contribution is 2.37. The molecule has 1 unspecified atom stereocenters. The highest BCUT2D eigenvalue weighted by molar-refractivity contribution is 9.11. The molecule has 1 nitrogen and oxygen atoms in total. The molecule has 5 heteroatoms. The van der Waals surface area contributed by atoms with E-state index in [1.54, 1.807) is 17.4 Å². The van der Waals surface area contributed by atoms with Crippen LogP contribution in [-0.2, 0) is 0 Å². The van der Waals surface area contributed by atoms with Crippen LogP contribution in [0, 0.1) is 6.92 Å². The SMILES string of the molecule is CCCNC(c1cc(C)c(Br)s1)c1ccc(Cl)cc1Cl. The van der Waals surface area contributed by atoms with Crippen LogP contribution < -0.4 is 5.32 Å². The van der Waals surface area contributed by atoms with Gasteiger partial charge < -0.3 is 5.32 Å². The van der Waals surface area contributed by atoms with Crippen LogP contribution in [0.25, 0.3) is 0 Å². The Hall–Kier alpha value is -0.0600. The van der Waals surface area contributed by atoms with Crippen LogP contribution in [0.15, 0.2) is 28.1 Å². The normalized spacial score (nSPS) is 12.7. The first kappa shape index (κ1) is 16.3. The average molecular weight is 393 g/mol. The van der Waals surface area contributed by atoms with Crippen molar-refractivity contribution in [3.05, 3.63) is 54.1 Å². The second-order valence-corrected chi connectivity index (χ2v) is 7.90. The topological polar surface area (TPSA) is 12.0 Å². The van der Waals surface area contributed by atoms with Gasteiger partial charge in [0, 0.05) is 14.9 Å². The fourth-order valence-corrected chi connectivity index (χ4v) is 4.20. The predicted molar refractivity (Wildman–Crippen MR) is 93.4 cm³/mol. The van der Waals surface area contributed by atoms with E-state index in [1.807, 2.05) is 12.1 Å². The van der Waals surface area contributed by atoms with E-state index in [0.717, 1.165) is 18.5 Å². The lowest BCUT2D eigenvalue weighted by Crippen LogP contribution is -2.22. The third kappa shape index (κ3) is 3.77. The van der Waals surface area contributed by atoms with Gasteiger partial charge in [0.25, 0.3) is 0 Å². The summed E-state index contributed by atoms with van der Waals surface area (Å²) in [7, 11) is 0. The van der Waals surface area contributed by atoms with Crippen LogP contribution >= 0.6 is 50.5 Å². The van der Waals surface area contributed by atoms with Crippen molar-refractivity contribution >= 4 is 50.5 Å². The molecular weight excluding hydrogens is 377 g/mol. The minimum absolute atomic E-state index is 0.106. The zero-order valence-corrected chi connectivity index (χ0v) is 15.3. The van der Waals surface area contributed by atoms with Crippen LogP contribution in [0.2, 0.25) is 10.0 Å². The van der Waals surface area contributed by atoms with Crippen molar-refractivity contribution in [2.75, 3.05) is 6.54 Å². The number of hydrogen-bond donors (Lipinski definition) is 1. The zero-order valence-electron chi connectivity index (χ0n) is 11.3. The summed E-state index contributed by atoms with van der Waals surface area (Å²) in [6, 6.07) is 8.00. The molecule has 2 aromatic rings. The number of hydrogen-bond acceptors (Lipinski definition) is 2. The smallest absolute Gasteiger partial charge is 0.0731 e. The minimum Gasteiger partial charge on any atom is -0.306 e. The minimum atomic E-state index is 0.106. The van der Waals surface area contributed by atoms with Gasteiger partial charge in [0.1, 0.15) is 0 Å². The van der Waals surface area contributed by atoms with Gasteiger partial charge in [-0.1, -0.05) is 36.2 Å². The Bertz CT molecular complexity index is 578. The highest BCUT2D eigenvalue weighted by atomic mass is 79.9. The standard InChI is InChI=1S/C15H16BrCl2NS/c1-3-6-19-14(13-7-9(2)15(16)20-13)11-5-4-10(17)8-12(11)18/h4-5,7-8,14,19H,3,6H2,1-2H3. The fourth-order valence-electron chi connectivity index (χ4n) is 2.01. The van der Waals surface area contributed by atoms with E-state index >= 15 is 0 Å². The van der Waals surface area contributed by atoms with Crippen molar-refractivity contribution in [2.45, 2.75) is 26.3 Å². The maximum Gasteiger partial charge on any atom is 0.0731 e. The Morgan fingerprint density at radius 1 is 1.30 bits per heavy atom. The predicted octanol–water partition coefficient (Wildman–Crippen LogP) is 6.21. The molecule has 0 aliphatic carbocycles. The third-order valence-electron chi connectivity index (χ3n) is 3.03. The summed E-state index contributed by atoms with van der Waals surface area (Å²) in [4.78, 5) is 1.26. The summed E-state index contributed by atoms with van der Waals surface area (Å²) in [5, 5.41) is 4.93. The molecule has 108 valence electrons. The first-order valence-electron chi connectivity index (χ1n) is 6.47. The van der Waals surface area contributed by atoms with E-state index in [0.29, 0.717) is 10.0 Å². The molecule has 0 aliphatic heterocycles. The van der Waals surface area contributed by atoms with Gasteiger partial charge >= 0.3 is 0 Å². The molecule has 0 amide bonds. The van der Waals surface area contributed by atoms with Crippen molar-refractivity contribution < 1.29 is 0 Å². The average Bonchev–Trinajstić information content (AvgIpc) is 2.72. The maximum absolute atomic E-state index is 6.37. The molecule has 1 atom stereocenters. The van der Waals surface area contributed by atoms with Crippen LogP contribution in [0.4, 0.5) is 0 Å². The van der Waals surface area contributed by atoms with Gasteiger partial charge in [0.15, 0.2) is 0 Å². The van der Waals surface area contributed by atoms with E-state index < -0.39 is 0 Å². The molecule has 0 fully saturated rings. The monoisotopic (exact) mass is 391 g/mol. The van der Waals surface area contributed by atoms with E-state index in [-0.39, 0.29) is 6.04 Å². The van der Waals surface area contributed by atoms with Gasteiger partial charge in [-0.15, -0.1) is 11.3 Å². The highest BCUT2D eigenvalue weighted by Gasteiger charge is 2.19. The Morgan fingerprint density at radius 2 is 2.05 bits per heavy atom. The number of thiophene rings is 1. The quantitative estimate of drug-likeness (QED) is 0.637. The van der Waals surface area contributed by atoms with Gasteiger partial charge in [0.2, 0.25) is 0 Å². The molecule has 0 aliphatic rings. The lowest BCUT2D eigenvalue weighted by Gasteiger charge is -2.19. The second-order valence-electron chi connectivity index (χ2n) is 4.66. The Balaban J connectivity index is 2.41. The summed E-state index contributed by atoms with van der Waals surface area (Å²) in [5.74, 6) is 0. The largest absolute Gasteiger partial charge is 0.306 e. The van der Waals surface area contributed by atoms with Crippen molar-refractivity contribution in [3.8, 4) is 0 Å². The molecule has 0 spiro atoms. The summed E-state index contributed by atoms with van der Waals surface area (Å²) in [5.41, 5.74) is 2.32. The molecule has 0 bridgehead atoms. The van der Waals surface area contributed by atoms with Crippen molar-refractivity contribution in [3.63, 3.8) is 0 Å². The number of rotatable bonds is 5. The molecule has 0 saturated carbocycles. The van der Waals surface area contributed by atoms with E-state index in [1.165, 1.54) is 14.2 Å². The molecule has 0 radical (unpaired) electrons. The first-order chi connectivity index (χ1) is 9.52. The molecule has 2 rings (SSSR count). The van der Waals surface area contributed by atoms with Gasteiger partial charge in [-0.2, -0.15) is 0 Å². The van der Waals surface area contributed by atoms with E-state index in [9.17, 15) is 0 Å². The van der Waals surface area contributed by atoms with Crippen molar-refractivity contribution in [1.29, 1.82) is 0 Å². The Kier molecular flexibility index (Phi) is 5.94. The molecular formula is C15H16BrCl2NS. The van der Waals surface area contributed by atoms with Crippen molar-refractivity contribution in [2.24, 2.45) is 0 Å². The number of nitrogens with one attached hydrogen (secondary N) is 1. The molecule has 0 saturated heterocycles. The summed E-state index contributed by atoms with van der Waals surface area (Å²) in [6.07, 6.45) is 1.08. The van der Waals surface area contributed by atoms with E-state index in [4.69, 9.17) is 23.2 Å². The molecule has 1 aromatic carbocycles. The number of benzene rings is 1. The molecule has 1 N–H and O–H groups in total. The third-order valence-corrected chi connectivity index (χ3v) is 5.80. The summed E-state index contributed by atoms with van der Waals surface area (Å²) < 4.78 is 1.17. The molecule has 1 aromatic heterocycles. The van der Waals surface area contributed by atoms with Crippen molar-refractivity contribution in [1.82, 2.24) is 5.32 Å². The van der Waals surface area contributed by atoms with Crippen LogP contribution in [0.3, 0.4) is 0 Å². The van der Waals surface area contributed by atoms with Crippen LogP contribution in [-0.4, -0.2) is 6.54 Å². The summed E-state index contributed by atoms with van der Waals surface area (Å²) >= 11 is 17.7. The number of halogens is 3. The summed E-state index contributed by atoms with van der Waals surface area (Å²) in [6.45, 7) is 5.20. The van der Waals surface area contributed by atoms with Gasteiger partial charge in [0.05, 0.1) is 9.83 Å². The van der Waals surface area contributed by atoms with E-state index in [2.05, 4.69) is 41.2 Å².